The molecule has 6 nitrogen and oxygen atoms in total. The Bertz CT molecular complexity index is 855. The van der Waals surface area contributed by atoms with E-state index in [0.29, 0.717) is 29.1 Å². The molecule has 5 atom stereocenters. The number of methoxy groups -OCH3 is 3. The summed E-state index contributed by atoms with van der Waals surface area (Å²) in [4.78, 5) is 13.6. The summed E-state index contributed by atoms with van der Waals surface area (Å²) in [6.07, 6.45) is 5.78. The summed E-state index contributed by atoms with van der Waals surface area (Å²) in [5.41, 5.74) is 0.847. The van der Waals surface area contributed by atoms with Gasteiger partial charge in [-0.2, -0.15) is 0 Å². The standard InChI is InChI=1S/C23H28O6/c1-23(2)9-8-15-18(29-23)11-19(27-5)20-21(24)16(12-28-22(15)20)14-7-6-13(25-3)10-17(14)26-4/h6-10,12,15,18-20,22H,11H2,1-5H3. The van der Waals surface area contributed by atoms with E-state index in [0.717, 1.165) is 0 Å². The Hall–Kier alpha value is -2.31. The van der Waals surface area contributed by atoms with E-state index in [1.165, 1.54) is 0 Å². The number of allylic oxidation sites excluding steroid dienone is 1. The van der Waals surface area contributed by atoms with Gasteiger partial charge in [0.2, 0.25) is 0 Å². The molecule has 0 amide bonds. The second kappa shape index (κ2) is 7.50. The van der Waals surface area contributed by atoms with Gasteiger partial charge in [0.25, 0.3) is 0 Å². The van der Waals surface area contributed by atoms with Gasteiger partial charge in [0.15, 0.2) is 5.78 Å². The maximum Gasteiger partial charge on any atom is 0.176 e. The molecular weight excluding hydrogens is 372 g/mol. The third-order valence-corrected chi connectivity index (χ3v) is 6.12. The fraction of sp³-hybridized carbons (Fsp3) is 0.522. The van der Waals surface area contributed by atoms with Gasteiger partial charge in [-0.3, -0.25) is 4.79 Å². The zero-order valence-corrected chi connectivity index (χ0v) is 17.5. The molecule has 5 unspecified atom stereocenters. The Morgan fingerprint density at radius 1 is 1.14 bits per heavy atom. The molecule has 1 aromatic rings. The number of carbonyl (C=O) groups is 1. The molecule has 0 N–H and O–H groups in total. The molecule has 6 heteroatoms. The Morgan fingerprint density at radius 2 is 1.93 bits per heavy atom. The first-order valence-corrected chi connectivity index (χ1v) is 9.90. The van der Waals surface area contributed by atoms with Crippen molar-refractivity contribution in [2.45, 2.75) is 44.2 Å². The van der Waals surface area contributed by atoms with Gasteiger partial charge in [0, 0.05) is 31.1 Å². The predicted molar refractivity (Wildman–Crippen MR) is 108 cm³/mol. The number of hydrogen-bond acceptors (Lipinski definition) is 6. The molecule has 2 heterocycles. The lowest BCUT2D eigenvalue weighted by molar-refractivity contribution is -0.173. The summed E-state index contributed by atoms with van der Waals surface area (Å²) < 4.78 is 28.9. The van der Waals surface area contributed by atoms with Crippen LogP contribution in [0.1, 0.15) is 25.8 Å². The van der Waals surface area contributed by atoms with Crippen LogP contribution in [-0.2, 0) is 19.0 Å². The van der Waals surface area contributed by atoms with E-state index in [4.69, 9.17) is 23.7 Å². The van der Waals surface area contributed by atoms with Crippen molar-refractivity contribution in [3.8, 4) is 11.5 Å². The van der Waals surface area contributed by atoms with Crippen molar-refractivity contribution in [3.63, 3.8) is 0 Å². The van der Waals surface area contributed by atoms with Crippen LogP contribution in [0.2, 0.25) is 0 Å². The summed E-state index contributed by atoms with van der Waals surface area (Å²) in [5.74, 6) is 0.849. The zero-order valence-electron chi connectivity index (χ0n) is 17.5. The lowest BCUT2D eigenvalue weighted by Crippen LogP contribution is -2.57. The van der Waals surface area contributed by atoms with Crippen LogP contribution in [0.15, 0.2) is 36.6 Å². The van der Waals surface area contributed by atoms with Crippen molar-refractivity contribution in [1.29, 1.82) is 0 Å². The topological polar surface area (TPSA) is 63.2 Å². The Labute approximate surface area is 171 Å². The predicted octanol–water partition coefficient (Wildman–Crippen LogP) is 3.40. The maximum atomic E-state index is 13.6. The molecule has 156 valence electrons. The van der Waals surface area contributed by atoms with Crippen LogP contribution in [-0.4, -0.2) is 51.0 Å². The molecule has 1 aromatic carbocycles. The highest BCUT2D eigenvalue weighted by Gasteiger charge is 2.53. The molecule has 0 bridgehead atoms. The lowest BCUT2D eigenvalue weighted by atomic mass is 9.69. The summed E-state index contributed by atoms with van der Waals surface area (Å²) in [6, 6.07) is 5.40. The number of carbonyl (C=O) groups excluding carboxylic acids is 1. The molecule has 0 aromatic heterocycles. The molecule has 0 spiro atoms. The molecule has 1 aliphatic carbocycles. The quantitative estimate of drug-likeness (QED) is 0.722. The van der Waals surface area contributed by atoms with Crippen molar-refractivity contribution in [2.75, 3.05) is 21.3 Å². The van der Waals surface area contributed by atoms with Crippen LogP contribution in [0, 0.1) is 11.8 Å². The van der Waals surface area contributed by atoms with Gasteiger partial charge < -0.3 is 23.7 Å². The molecule has 29 heavy (non-hydrogen) atoms. The number of fused-ring (bicyclic) bond motifs is 3. The number of rotatable bonds is 4. The van der Waals surface area contributed by atoms with Crippen molar-refractivity contribution < 1.29 is 28.5 Å². The number of benzene rings is 1. The first-order valence-electron chi connectivity index (χ1n) is 9.90. The number of ketones is 1. The van der Waals surface area contributed by atoms with E-state index in [1.54, 1.807) is 33.7 Å². The summed E-state index contributed by atoms with van der Waals surface area (Å²) in [7, 11) is 4.81. The van der Waals surface area contributed by atoms with Crippen LogP contribution in [0.3, 0.4) is 0 Å². The number of hydrogen-bond donors (Lipinski definition) is 0. The molecule has 0 radical (unpaired) electrons. The number of ether oxygens (including phenoxy) is 5. The summed E-state index contributed by atoms with van der Waals surface area (Å²) in [6.45, 7) is 4.07. The SMILES string of the molecule is COc1ccc(C2=COC3C4C=CC(C)(C)OC4CC(OC)C3C2=O)c(OC)c1. The minimum absolute atomic E-state index is 0.00764. The average Bonchev–Trinajstić information content (AvgIpc) is 2.72. The third-order valence-electron chi connectivity index (χ3n) is 6.12. The summed E-state index contributed by atoms with van der Waals surface area (Å²) in [5, 5.41) is 0. The van der Waals surface area contributed by atoms with E-state index in [2.05, 4.69) is 12.2 Å². The van der Waals surface area contributed by atoms with Crippen LogP contribution < -0.4 is 9.47 Å². The van der Waals surface area contributed by atoms with Crippen molar-refractivity contribution in [1.82, 2.24) is 0 Å². The van der Waals surface area contributed by atoms with E-state index in [1.807, 2.05) is 26.0 Å². The molecule has 1 saturated carbocycles. The largest absolute Gasteiger partial charge is 0.497 e. The van der Waals surface area contributed by atoms with Crippen LogP contribution in [0.5, 0.6) is 11.5 Å². The maximum absolute atomic E-state index is 13.6. The highest BCUT2D eigenvalue weighted by molar-refractivity contribution is 6.23. The second-order valence-electron chi connectivity index (χ2n) is 8.29. The Balaban J connectivity index is 1.71. The Kier molecular flexibility index (Phi) is 5.17. The fourth-order valence-corrected chi connectivity index (χ4v) is 4.67. The van der Waals surface area contributed by atoms with E-state index in [-0.39, 0.29) is 35.6 Å². The highest BCUT2D eigenvalue weighted by Crippen LogP contribution is 2.46. The molecule has 2 aliphatic heterocycles. The minimum Gasteiger partial charge on any atom is -0.497 e. The molecule has 3 aliphatic rings. The van der Waals surface area contributed by atoms with Gasteiger partial charge in [0.1, 0.15) is 17.6 Å². The highest BCUT2D eigenvalue weighted by atomic mass is 16.5. The van der Waals surface area contributed by atoms with Gasteiger partial charge in [-0.05, 0) is 26.0 Å². The van der Waals surface area contributed by atoms with Gasteiger partial charge >= 0.3 is 0 Å². The Morgan fingerprint density at radius 3 is 2.62 bits per heavy atom. The van der Waals surface area contributed by atoms with Crippen molar-refractivity contribution >= 4 is 11.4 Å². The third kappa shape index (κ3) is 3.45. The number of Topliss-reactive ketones (excluding diaryl/α,β-unsaturated/α-hetero) is 1. The van der Waals surface area contributed by atoms with Gasteiger partial charge in [0.05, 0.1) is 49.8 Å². The van der Waals surface area contributed by atoms with Crippen LogP contribution in [0.25, 0.3) is 5.57 Å². The van der Waals surface area contributed by atoms with Gasteiger partial charge in [-0.15, -0.1) is 0 Å². The molecule has 0 saturated heterocycles. The lowest BCUT2D eigenvalue weighted by Gasteiger charge is -2.49. The first-order chi connectivity index (χ1) is 13.9. The van der Waals surface area contributed by atoms with Crippen LogP contribution in [0.4, 0.5) is 0 Å². The minimum atomic E-state index is -0.400. The van der Waals surface area contributed by atoms with E-state index >= 15 is 0 Å². The molecule has 4 rings (SSSR count). The fourth-order valence-electron chi connectivity index (χ4n) is 4.67. The zero-order chi connectivity index (χ0) is 20.8. The molecule has 1 fully saturated rings. The second-order valence-corrected chi connectivity index (χ2v) is 8.29. The van der Waals surface area contributed by atoms with Crippen molar-refractivity contribution in [2.24, 2.45) is 11.8 Å². The van der Waals surface area contributed by atoms with E-state index in [9.17, 15) is 4.79 Å². The molecular formula is C23H28O6. The average molecular weight is 400 g/mol. The van der Waals surface area contributed by atoms with Crippen molar-refractivity contribution in [3.05, 3.63) is 42.2 Å². The monoisotopic (exact) mass is 400 g/mol. The van der Waals surface area contributed by atoms with E-state index < -0.39 is 5.92 Å². The summed E-state index contributed by atoms with van der Waals surface area (Å²) >= 11 is 0. The normalized spacial score (nSPS) is 32.5. The van der Waals surface area contributed by atoms with Crippen LogP contribution >= 0.6 is 0 Å². The van der Waals surface area contributed by atoms with Gasteiger partial charge in [-0.1, -0.05) is 12.2 Å². The smallest absolute Gasteiger partial charge is 0.176 e. The first kappa shape index (κ1) is 20.0. The van der Waals surface area contributed by atoms with Gasteiger partial charge in [-0.25, -0.2) is 0 Å².